The highest BCUT2D eigenvalue weighted by Gasteiger charge is 2.30. The molecule has 3 N–H and O–H groups in total. The molecule has 0 aromatic heterocycles. The lowest BCUT2D eigenvalue weighted by atomic mass is 10.1. The highest BCUT2D eigenvalue weighted by Crippen LogP contribution is 2.32. The molecule has 0 aliphatic heterocycles. The summed E-state index contributed by atoms with van der Waals surface area (Å²) in [5.41, 5.74) is 5.83. The fraction of sp³-hybridized carbons (Fsp3) is 1.00. The normalized spacial score (nSPS) is 21.4. The molecule has 0 aromatic carbocycles. The van der Waals surface area contributed by atoms with Gasteiger partial charge < -0.3 is 11.1 Å². The molecule has 2 atom stereocenters. The maximum absolute atomic E-state index is 12.0. The van der Waals surface area contributed by atoms with E-state index in [2.05, 4.69) is 5.32 Å². The van der Waals surface area contributed by atoms with Gasteiger partial charge in [0.25, 0.3) is 0 Å². The number of hydrogen-bond acceptors (Lipinski definition) is 2. The highest BCUT2D eigenvalue weighted by molar-refractivity contribution is 4.84. The summed E-state index contributed by atoms with van der Waals surface area (Å²) in [6.45, 7) is 2.13. The molecule has 0 amide bonds. The Bertz CT molecular complexity index is 190. The number of nitrogens with two attached hydrogens (primary N) is 1. The smallest absolute Gasteiger partial charge is 0.327 e. The monoisotopic (exact) mass is 224 g/mol. The van der Waals surface area contributed by atoms with Crippen molar-refractivity contribution in [1.29, 1.82) is 0 Å². The first-order chi connectivity index (χ1) is 6.88. The van der Waals surface area contributed by atoms with Crippen LogP contribution in [-0.4, -0.2) is 24.8 Å². The van der Waals surface area contributed by atoms with Crippen LogP contribution in [0.3, 0.4) is 0 Å². The Hall–Kier alpha value is -0.290. The minimum Gasteiger partial charge on any atom is -0.327 e. The van der Waals surface area contributed by atoms with Crippen molar-refractivity contribution in [3.05, 3.63) is 0 Å². The fourth-order valence-electron chi connectivity index (χ4n) is 1.68. The Kier molecular flexibility index (Phi) is 4.40. The van der Waals surface area contributed by atoms with Gasteiger partial charge in [0.05, 0.1) is 6.42 Å². The fourth-order valence-corrected chi connectivity index (χ4v) is 1.68. The van der Waals surface area contributed by atoms with Gasteiger partial charge in [0.15, 0.2) is 0 Å². The zero-order chi connectivity index (χ0) is 11.5. The van der Waals surface area contributed by atoms with Crippen molar-refractivity contribution in [2.45, 2.75) is 50.9 Å². The molecule has 5 heteroatoms. The second-order valence-electron chi connectivity index (χ2n) is 4.46. The van der Waals surface area contributed by atoms with Crippen molar-refractivity contribution in [1.82, 2.24) is 5.32 Å². The lowest BCUT2D eigenvalue weighted by Gasteiger charge is -2.17. The van der Waals surface area contributed by atoms with Crippen molar-refractivity contribution < 1.29 is 13.2 Å². The van der Waals surface area contributed by atoms with E-state index >= 15 is 0 Å². The summed E-state index contributed by atoms with van der Waals surface area (Å²) in [5, 5.41) is 2.85. The summed E-state index contributed by atoms with van der Waals surface area (Å²) >= 11 is 0. The standard InChI is InChI=1S/C10H19F3N2/c1-7(6-10(11,12)13)15-5-4-9(14)8-2-3-8/h7-9,15H,2-6,14H2,1H3. The van der Waals surface area contributed by atoms with Crippen molar-refractivity contribution in [3.8, 4) is 0 Å². The summed E-state index contributed by atoms with van der Waals surface area (Å²) in [6.07, 6.45) is -1.72. The second-order valence-corrected chi connectivity index (χ2v) is 4.46. The van der Waals surface area contributed by atoms with Gasteiger partial charge in [-0.25, -0.2) is 0 Å². The van der Waals surface area contributed by atoms with E-state index in [9.17, 15) is 13.2 Å². The quantitative estimate of drug-likeness (QED) is 0.724. The van der Waals surface area contributed by atoms with E-state index in [1.807, 2.05) is 0 Å². The first kappa shape index (κ1) is 12.8. The molecular formula is C10H19F3N2. The molecule has 2 unspecified atom stereocenters. The third kappa shape index (κ3) is 5.99. The molecule has 1 aliphatic rings. The first-order valence-corrected chi connectivity index (χ1v) is 5.44. The summed E-state index contributed by atoms with van der Waals surface area (Å²) in [6, 6.07) is -0.355. The number of nitrogens with one attached hydrogen (secondary N) is 1. The molecule has 0 bridgehead atoms. The molecule has 1 saturated carbocycles. The van der Waals surface area contributed by atoms with Gasteiger partial charge in [-0.1, -0.05) is 0 Å². The molecule has 2 nitrogen and oxygen atoms in total. The second kappa shape index (κ2) is 5.16. The van der Waals surface area contributed by atoms with Crippen molar-refractivity contribution >= 4 is 0 Å². The third-order valence-corrected chi connectivity index (χ3v) is 2.74. The summed E-state index contributed by atoms with van der Waals surface area (Å²) in [7, 11) is 0. The molecule has 0 aromatic rings. The van der Waals surface area contributed by atoms with E-state index in [0.717, 1.165) is 6.42 Å². The van der Waals surface area contributed by atoms with Crippen LogP contribution in [0.15, 0.2) is 0 Å². The van der Waals surface area contributed by atoms with Crippen LogP contribution in [0.25, 0.3) is 0 Å². The van der Waals surface area contributed by atoms with Crippen LogP contribution < -0.4 is 11.1 Å². The summed E-state index contributed by atoms with van der Waals surface area (Å²) in [4.78, 5) is 0. The molecule has 0 heterocycles. The lowest BCUT2D eigenvalue weighted by molar-refractivity contribution is -0.139. The maximum atomic E-state index is 12.0. The topological polar surface area (TPSA) is 38.0 Å². The SMILES string of the molecule is CC(CC(F)(F)F)NCCC(N)C1CC1. The first-order valence-electron chi connectivity index (χ1n) is 5.44. The minimum absolute atomic E-state index is 0.163. The van der Waals surface area contributed by atoms with Gasteiger partial charge in [-0.05, 0) is 38.6 Å². The Morgan fingerprint density at radius 1 is 1.40 bits per heavy atom. The lowest BCUT2D eigenvalue weighted by Crippen LogP contribution is -2.35. The molecular weight excluding hydrogens is 205 g/mol. The zero-order valence-electron chi connectivity index (χ0n) is 8.98. The van der Waals surface area contributed by atoms with Gasteiger partial charge in [0.1, 0.15) is 0 Å². The van der Waals surface area contributed by atoms with E-state index < -0.39 is 18.6 Å². The van der Waals surface area contributed by atoms with Gasteiger partial charge in [0, 0.05) is 12.1 Å². The molecule has 1 aliphatic carbocycles. The Morgan fingerprint density at radius 2 is 2.00 bits per heavy atom. The van der Waals surface area contributed by atoms with Crippen molar-refractivity contribution in [2.24, 2.45) is 11.7 Å². The molecule has 90 valence electrons. The Balaban J connectivity index is 2.03. The van der Waals surface area contributed by atoms with Gasteiger partial charge in [-0.2, -0.15) is 13.2 Å². The molecule has 15 heavy (non-hydrogen) atoms. The molecule has 1 rings (SSSR count). The summed E-state index contributed by atoms with van der Waals surface area (Å²) < 4.78 is 35.9. The Labute approximate surface area is 88.4 Å². The number of alkyl halides is 3. The maximum Gasteiger partial charge on any atom is 0.390 e. The van der Waals surface area contributed by atoms with E-state index in [0.29, 0.717) is 12.5 Å². The zero-order valence-corrected chi connectivity index (χ0v) is 8.98. The van der Waals surface area contributed by atoms with Crippen LogP contribution in [0.4, 0.5) is 13.2 Å². The molecule has 0 spiro atoms. The van der Waals surface area contributed by atoms with E-state index in [1.54, 1.807) is 6.92 Å². The average Bonchev–Trinajstić information content (AvgIpc) is 2.81. The molecule has 0 radical (unpaired) electrons. The molecule has 0 saturated heterocycles. The average molecular weight is 224 g/mol. The van der Waals surface area contributed by atoms with Gasteiger partial charge >= 0.3 is 6.18 Å². The van der Waals surface area contributed by atoms with E-state index in [-0.39, 0.29) is 6.04 Å². The predicted molar refractivity (Wildman–Crippen MR) is 53.5 cm³/mol. The number of rotatable bonds is 6. The minimum atomic E-state index is -4.08. The highest BCUT2D eigenvalue weighted by atomic mass is 19.4. The number of halogens is 3. The van der Waals surface area contributed by atoms with Crippen molar-refractivity contribution in [3.63, 3.8) is 0 Å². The largest absolute Gasteiger partial charge is 0.390 e. The number of hydrogen-bond donors (Lipinski definition) is 2. The van der Waals surface area contributed by atoms with Gasteiger partial charge in [-0.3, -0.25) is 0 Å². The van der Waals surface area contributed by atoms with Crippen LogP contribution in [0.1, 0.15) is 32.6 Å². The molecule has 1 fully saturated rings. The predicted octanol–water partition coefficient (Wildman–Crippen LogP) is 2.04. The van der Waals surface area contributed by atoms with E-state index in [4.69, 9.17) is 5.73 Å². The van der Waals surface area contributed by atoms with Gasteiger partial charge in [-0.15, -0.1) is 0 Å². The third-order valence-electron chi connectivity index (χ3n) is 2.74. The van der Waals surface area contributed by atoms with Gasteiger partial charge in [0.2, 0.25) is 0 Å². The van der Waals surface area contributed by atoms with Crippen molar-refractivity contribution in [2.75, 3.05) is 6.54 Å². The summed E-state index contributed by atoms with van der Waals surface area (Å²) in [5.74, 6) is 0.615. The van der Waals surface area contributed by atoms with Crippen LogP contribution in [-0.2, 0) is 0 Å². The van der Waals surface area contributed by atoms with E-state index in [1.165, 1.54) is 12.8 Å². The van der Waals surface area contributed by atoms with Crippen LogP contribution in [0, 0.1) is 5.92 Å². The van der Waals surface area contributed by atoms with Crippen LogP contribution >= 0.6 is 0 Å². The van der Waals surface area contributed by atoms with Crippen LogP contribution in [0.5, 0.6) is 0 Å². The Morgan fingerprint density at radius 3 is 2.47 bits per heavy atom. The van der Waals surface area contributed by atoms with Crippen LogP contribution in [0.2, 0.25) is 0 Å².